The predicted octanol–water partition coefficient (Wildman–Crippen LogP) is 2.78. The maximum atomic E-state index is 10.5. The number of ether oxygens (including phenoxy) is 2. The zero-order valence-corrected chi connectivity index (χ0v) is 14.7. The van der Waals surface area contributed by atoms with Crippen molar-refractivity contribution in [3.63, 3.8) is 0 Å². The van der Waals surface area contributed by atoms with Gasteiger partial charge in [0.05, 0.1) is 14.2 Å². The summed E-state index contributed by atoms with van der Waals surface area (Å²) in [6.45, 7) is 2.99. The third-order valence-corrected chi connectivity index (χ3v) is 4.22. The molecule has 0 atom stereocenters. The lowest BCUT2D eigenvalue weighted by Gasteiger charge is -2.19. The van der Waals surface area contributed by atoms with Crippen LogP contribution < -0.4 is 9.47 Å². The molecule has 1 aliphatic rings. The third kappa shape index (κ3) is 5.59. The quantitative estimate of drug-likeness (QED) is 0.771. The van der Waals surface area contributed by atoms with E-state index in [1.165, 1.54) is 11.1 Å². The molecule has 1 N–H and O–H groups in total. The Morgan fingerprint density at radius 3 is 2.04 bits per heavy atom. The number of unbranched alkanes of at least 4 members (excludes halogenated alkanes) is 1. The number of aliphatic carboxylic acids is 1. The molecule has 0 saturated heterocycles. The first-order valence-corrected chi connectivity index (χ1v) is 7.82. The lowest BCUT2D eigenvalue weighted by Crippen LogP contribution is -2.27. The number of halogens is 1. The molecule has 1 aromatic carbocycles. The highest BCUT2D eigenvalue weighted by Gasteiger charge is 2.17. The van der Waals surface area contributed by atoms with Gasteiger partial charge < -0.3 is 19.5 Å². The SMILES string of the molecule is COc1cc2c(cc1OC)CCN(CCCCC(=O)O)CC2.Cl. The van der Waals surface area contributed by atoms with E-state index in [9.17, 15) is 4.79 Å². The highest BCUT2D eigenvalue weighted by molar-refractivity contribution is 5.85. The summed E-state index contributed by atoms with van der Waals surface area (Å²) >= 11 is 0. The summed E-state index contributed by atoms with van der Waals surface area (Å²) in [4.78, 5) is 13.0. The van der Waals surface area contributed by atoms with Gasteiger partial charge in [0, 0.05) is 19.5 Å². The first-order valence-electron chi connectivity index (χ1n) is 7.82. The van der Waals surface area contributed by atoms with E-state index >= 15 is 0 Å². The summed E-state index contributed by atoms with van der Waals surface area (Å²) < 4.78 is 10.8. The molecule has 0 bridgehead atoms. The fourth-order valence-electron chi connectivity index (χ4n) is 2.93. The Balaban J connectivity index is 0.00000264. The van der Waals surface area contributed by atoms with Crippen LogP contribution in [0.25, 0.3) is 0 Å². The second kappa shape index (κ2) is 9.63. The van der Waals surface area contributed by atoms with Crippen molar-refractivity contribution in [2.24, 2.45) is 0 Å². The molecule has 0 aliphatic carbocycles. The molecule has 6 heteroatoms. The van der Waals surface area contributed by atoms with Gasteiger partial charge in [-0.2, -0.15) is 0 Å². The van der Waals surface area contributed by atoms with Crippen molar-refractivity contribution in [3.8, 4) is 11.5 Å². The van der Waals surface area contributed by atoms with Crippen LogP contribution in [0, 0.1) is 0 Å². The van der Waals surface area contributed by atoms with Gasteiger partial charge in [0.1, 0.15) is 0 Å². The lowest BCUT2D eigenvalue weighted by atomic mass is 10.0. The number of methoxy groups -OCH3 is 2. The minimum absolute atomic E-state index is 0. The standard InChI is InChI=1S/C17H25NO4.ClH/c1-21-15-11-13-6-9-18(8-4-3-5-17(19)20)10-7-14(13)12-16(15)22-2;/h11-12H,3-10H2,1-2H3,(H,19,20);1H. The van der Waals surface area contributed by atoms with Crippen LogP contribution in [0.1, 0.15) is 30.4 Å². The number of carboxylic acids is 1. The van der Waals surface area contributed by atoms with Crippen molar-refractivity contribution in [2.75, 3.05) is 33.9 Å². The number of hydrogen-bond acceptors (Lipinski definition) is 4. The van der Waals surface area contributed by atoms with E-state index in [4.69, 9.17) is 14.6 Å². The van der Waals surface area contributed by atoms with Crippen molar-refractivity contribution in [3.05, 3.63) is 23.3 Å². The number of hydrogen-bond donors (Lipinski definition) is 1. The molecule has 0 aromatic heterocycles. The average Bonchev–Trinajstić information content (AvgIpc) is 2.72. The second-order valence-corrected chi connectivity index (χ2v) is 5.67. The molecule has 0 amide bonds. The first kappa shape index (κ1) is 19.6. The van der Waals surface area contributed by atoms with Crippen LogP contribution in [-0.2, 0) is 17.6 Å². The molecule has 1 aliphatic heterocycles. The van der Waals surface area contributed by atoms with Crippen LogP contribution in [0.4, 0.5) is 0 Å². The van der Waals surface area contributed by atoms with Gasteiger partial charge in [-0.15, -0.1) is 12.4 Å². The highest BCUT2D eigenvalue weighted by atomic mass is 35.5. The second-order valence-electron chi connectivity index (χ2n) is 5.67. The summed E-state index contributed by atoms with van der Waals surface area (Å²) in [5, 5.41) is 8.68. The van der Waals surface area contributed by atoms with Gasteiger partial charge in [-0.3, -0.25) is 4.79 Å². The fourth-order valence-corrected chi connectivity index (χ4v) is 2.93. The van der Waals surface area contributed by atoms with Gasteiger partial charge in [-0.25, -0.2) is 0 Å². The van der Waals surface area contributed by atoms with E-state index in [1.807, 2.05) is 0 Å². The van der Waals surface area contributed by atoms with Crippen LogP contribution >= 0.6 is 12.4 Å². The minimum atomic E-state index is -0.706. The molecule has 0 radical (unpaired) electrons. The molecule has 0 unspecified atom stereocenters. The topological polar surface area (TPSA) is 59.0 Å². The zero-order chi connectivity index (χ0) is 15.9. The maximum Gasteiger partial charge on any atom is 0.303 e. The highest BCUT2D eigenvalue weighted by Crippen LogP contribution is 2.32. The summed E-state index contributed by atoms with van der Waals surface area (Å²) in [5.74, 6) is 0.870. The molecular formula is C17H26ClNO4. The Morgan fingerprint density at radius 1 is 1.09 bits per heavy atom. The monoisotopic (exact) mass is 343 g/mol. The summed E-state index contributed by atoms with van der Waals surface area (Å²) in [6.07, 6.45) is 3.95. The Hall–Kier alpha value is -1.46. The molecule has 23 heavy (non-hydrogen) atoms. The summed E-state index contributed by atoms with van der Waals surface area (Å²) in [7, 11) is 3.32. The molecule has 1 heterocycles. The number of fused-ring (bicyclic) bond motifs is 1. The van der Waals surface area contributed by atoms with Gasteiger partial charge in [-0.1, -0.05) is 0 Å². The third-order valence-electron chi connectivity index (χ3n) is 4.22. The van der Waals surface area contributed by atoms with Crippen LogP contribution in [0.3, 0.4) is 0 Å². The first-order chi connectivity index (χ1) is 10.6. The average molecular weight is 344 g/mol. The molecule has 1 aromatic rings. The van der Waals surface area contributed by atoms with Crippen LogP contribution in [0.5, 0.6) is 11.5 Å². The van der Waals surface area contributed by atoms with E-state index in [0.29, 0.717) is 0 Å². The van der Waals surface area contributed by atoms with Gasteiger partial charge in [-0.05, 0) is 55.5 Å². The van der Waals surface area contributed by atoms with E-state index in [2.05, 4.69) is 17.0 Å². The van der Waals surface area contributed by atoms with E-state index in [0.717, 1.165) is 56.8 Å². The van der Waals surface area contributed by atoms with Crippen LogP contribution in [0.15, 0.2) is 12.1 Å². The van der Waals surface area contributed by atoms with E-state index in [-0.39, 0.29) is 18.8 Å². The number of benzene rings is 1. The largest absolute Gasteiger partial charge is 0.493 e. The number of rotatable bonds is 7. The Bertz CT molecular complexity index is 487. The Morgan fingerprint density at radius 2 is 1.61 bits per heavy atom. The van der Waals surface area contributed by atoms with Gasteiger partial charge in [0.2, 0.25) is 0 Å². The van der Waals surface area contributed by atoms with Gasteiger partial charge in [0.15, 0.2) is 11.5 Å². The Labute approximate surface area is 144 Å². The maximum absolute atomic E-state index is 10.5. The predicted molar refractivity (Wildman–Crippen MR) is 92.1 cm³/mol. The summed E-state index contributed by atoms with van der Waals surface area (Å²) in [5.41, 5.74) is 2.65. The van der Waals surface area contributed by atoms with Crippen LogP contribution in [-0.4, -0.2) is 49.8 Å². The van der Waals surface area contributed by atoms with Crippen molar-refractivity contribution >= 4 is 18.4 Å². The smallest absolute Gasteiger partial charge is 0.303 e. The van der Waals surface area contributed by atoms with Gasteiger partial charge >= 0.3 is 5.97 Å². The summed E-state index contributed by atoms with van der Waals surface area (Å²) in [6, 6.07) is 4.17. The van der Waals surface area contributed by atoms with Gasteiger partial charge in [0.25, 0.3) is 0 Å². The molecular weight excluding hydrogens is 318 g/mol. The lowest BCUT2D eigenvalue weighted by molar-refractivity contribution is -0.137. The Kier molecular flexibility index (Phi) is 8.20. The molecule has 0 spiro atoms. The fraction of sp³-hybridized carbons (Fsp3) is 0.588. The van der Waals surface area contributed by atoms with Crippen molar-refractivity contribution in [2.45, 2.75) is 32.1 Å². The minimum Gasteiger partial charge on any atom is -0.493 e. The number of carbonyl (C=O) groups is 1. The normalized spacial score (nSPS) is 14.3. The van der Waals surface area contributed by atoms with E-state index < -0.39 is 5.97 Å². The molecule has 0 saturated carbocycles. The van der Waals surface area contributed by atoms with Crippen LogP contribution in [0.2, 0.25) is 0 Å². The zero-order valence-electron chi connectivity index (χ0n) is 13.8. The van der Waals surface area contributed by atoms with Crippen molar-refractivity contribution < 1.29 is 19.4 Å². The van der Waals surface area contributed by atoms with Crippen molar-refractivity contribution in [1.29, 1.82) is 0 Å². The molecule has 2 rings (SSSR count). The van der Waals surface area contributed by atoms with E-state index in [1.54, 1.807) is 14.2 Å². The molecule has 130 valence electrons. The molecule has 0 fully saturated rings. The molecule has 5 nitrogen and oxygen atoms in total. The van der Waals surface area contributed by atoms with Crippen molar-refractivity contribution in [1.82, 2.24) is 4.90 Å². The number of carboxylic acid groups (broad SMARTS) is 1. The number of nitrogens with zero attached hydrogens (tertiary/aromatic N) is 1.